The Labute approximate surface area is 152 Å². The topological polar surface area (TPSA) is 108 Å². The average molecular weight is 363 g/mol. The first kappa shape index (κ1) is 19.7. The maximum Gasteiger partial charge on any atom is 0.410 e. The van der Waals surface area contributed by atoms with E-state index in [9.17, 15) is 19.5 Å². The van der Waals surface area contributed by atoms with Gasteiger partial charge in [-0.25, -0.2) is 4.79 Å². The van der Waals surface area contributed by atoms with Gasteiger partial charge in [0, 0.05) is 13.6 Å². The molecule has 1 aromatic carbocycles. The second kappa shape index (κ2) is 9.19. The Kier molecular flexibility index (Phi) is 6.97. The van der Waals surface area contributed by atoms with Crippen LogP contribution in [0.4, 0.5) is 4.79 Å². The number of benzene rings is 1. The Bertz CT molecular complexity index is 635. The molecule has 142 valence electrons. The highest BCUT2D eigenvalue weighted by atomic mass is 16.6. The van der Waals surface area contributed by atoms with Gasteiger partial charge in [0.15, 0.2) is 0 Å². The Morgan fingerprint density at radius 3 is 2.62 bits per heavy atom. The Hall–Kier alpha value is -2.61. The lowest BCUT2D eigenvalue weighted by molar-refractivity contribution is -0.133. The van der Waals surface area contributed by atoms with E-state index in [0.717, 1.165) is 5.56 Å². The van der Waals surface area contributed by atoms with Gasteiger partial charge in [-0.3, -0.25) is 14.5 Å². The van der Waals surface area contributed by atoms with Gasteiger partial charge in [0.25, 0.3) is 0 Å². The molecular weight excluding hydrogens is 338 g/mol. The number of nitrogens with zero attached hydrogens (tertiary/aromatic N) is 1. The van der Waals surface area contributed by atoms with Crippen LogP contribution in [0.1, 0.15) is 25.3 Å². The summed E-state index contributed by atoms with van der Waals surface area (Å²) in [5.41, 5.74) is 0.856. The number of aliphatic hydroxyl groups excluding tert-OH is 1. The van der Waals surface area contributed by atoms with Crippen LogP contribution >= 0.6 is 0 Å². The summed E-state index contributed by atoms with van der Waals surface area (Å²) in [6, 6.07) is 7.47. The molecule has 1 saturated heterocycles. The molecule has 3 N–H and O–H groups in total. The highest BCUT2D eigenvalue weighted by Gasteiger charge is 2.37. The molecular formula is C18H25N3O5. The van der Waals surface area contributed by atoms with Gasteiger partial charge in [-0.2, -0.15) is 0 Å². The number of amides is 3. The Morgan fingerprint density at radius 2 is 2.00 bits per heavy atom. The van der Waals surface area contributed by atoms with Crippen LogP contribution in [0.15, 0.2) is 30.3 Å². The summed E-state index contributed by atoms with van der Waals surface area (Å²) in [7, 11) is 1.42. The van der Waals surface area contributed by atoms with Gasteiger partial charge in [-0.1, -0.05) is 30.3 Å². The molecule has 0 aromatic heterocycles. The van der Waals surface area contributed by atoms with Crippen molar-refractivity contribution in [2.45, 2.75) is 44.6 Å². The van der Waals surface area contributed by atoms with Gasteiger partial charge >= 0.3 is 6.09 Å². The molecule has 0 unspecified atom stereocenters. The lowest BCUT2D eigenvalue weighted by Crippen LogP contribution is -2.56. The number of carbonyl (C=O) groups is 3. The molecule has 1 aliphatic heterocycles. The number of hydrogen-bond acceptors (Lipinski definition) is 5. The van der Waals surface area contributed by atoms with Crippen LogP contribution in [0.2, 0.25) is 0 Å². The van der Waals surface area contributed by atoms with Gasteiger partial charge in [-0.15, -0.1) is 0 Å². The first-order valence-corrected chi connectivity index (χ1v) is 8.61. The number of nitrogens with one attached hydrogen (secondary N) is 2. The zero-order valence-electron chi connectivity index (χ0n) is 15.0. The van der Waals surface area contributed by atoms with Gasteiger partial charge in [0.05, 0.1) is 6.10 Å². The van der Waals surface area contributed by atoms with Crippen molar-refractivity contribution in [1.82, 2.24) is 15.5 Å². The van der Waals surface area contributed by atoms with Crippen LogP contribution in [0.25, 0.3) is 0 Å². The second-order valence-electron chi connectivity index (χ2n) is 6.23. The van der Waals surface area contributed by atoms with E-state index in [4.69, 9.17) is 4.74 Å². The third-order valence-corrected chi connectivity index (χ3v) is 4.30. The predicted octanol–water partition coefficient (Wildman–Crippen LogP) is 0.399. The van der Waals surface area contributed by atoms with Crippen LogP contribution in [0, 0.1) is 0 Å². The van der Waals surface area contributed by atoms with E-state index < -0.39 is 36.1 Å². The zero-order chi connectivity index (χ0) is 19.1. The fraction of sp³-hybridized carbons (Fsp3) is 0.500. The van der Waals surface area contributed by atoms with Gasteiger partial charge < -0.3 is 20.5 Å². The molecule has 26 heavy (non-hydrogen) atoms. The fourth-order valence-corrected chi connectivity index (χ4v) is 2.87. The second-order valence-corrected chi connectivity index (χ2v) is 6.23. The van der Waals surface area contributed by atoms with Crippen LogP contribution in [-0.4, -0.2) is 59.7 Å². The summed E-state index contributed by atoms with van der Waals surface area (Å²) in [5, 5.41) is 14.6. The van der Waals surface area contributed by atoms with Crippen molar-refractivity contribution in [3.8, 4) is 0 Å². The SMILES string of the molecule is CNC(=O)[C@@H](NC(=O)[C@@H]1CCCN1C(=O)OCc1ccccc1)[C@H](C)O. The standard InChI is InChI=1S/C18H25N3O5/c1-12(22)15(17(24)19-2)20-16(23)14-9-6-10-21(14)18(25)26-11-13-7-4-3-5-8-13/h3-5,7-8,12,14-15,22H,6,9-11H2,1-2H3,(H,19,24)(H,20,23)/t12-,14-,15-/m0/s1. The van der Waals surface area contributed by atoms with Crippen molar-refractivity contribution in [3.63, 3.8) is 0 Å². The number of ether oxygens (including phenoxy) is 1. The molecule has 2 rings (SSSR count). The van der Waals surface area contributed by atoms with E-state index in [1.54, 1.807) is 0 Å². The molecule has 3 amide bonds. The van der Waals surface area contributed by atoms with Crippen molar-refractivity contribution in [3.05, 3.63) is 35.9 Å². The molecule has 1 aromatic rings. The molecule has 8 nitrogen and oxygen atoms in total. The maximum absolute atomic E-state index is 12.5. The zero-order valence-corrected chi connectivity index (χ0v) is 15.0. The van der Waals surface area contributed by atoms with E-state index >= 15 is 0 Å². The number of likely N-dealkylation sites (N-methyl/N-ethyl adjacent to an activating group) is 1. The molecule has 0 bridgehead atoms. The normalized spacial score (nSPS) is 18.7. The highest BCUT2D eigenvalue weighted by molar-refractivity contribution is 5.91. The molecule has 1 aliphatic rings. The number of likely N-dealkylation sites (tertiary alicyclic amines) is 1. The first-order valence-electron chi connectivity index (χ1n) is 8.61. The van der Waals surface area contributed by atoms with Crippen molar-refractivity contribution in [2.24, 2.45) is 0 Å². The third kappa shape index (κ3) is 4.95. The van der Waals surface area contributed by atoms with Crippen LogP contribution < -0.4 is 10.6 Å². The minimum absolute atomic E-state index is 0.124. The first-order chi connectivity index (χ1) is 12.4. The fourth-order valence-electron chi connectivity index (χ4n) is 2.87. The monoisotopic (exact) mass is 363 g/mol. The summed E-state index contributed by atoms with van der Waals surface area (Å²) in [5.74, 6) is -0.974. The number of aliphatic hydroxyl groups is 1. The van der Waals surface area contributed by atoms with Crippen LogP contribution in [0.5, 0.6) is 0 Å². The summed E-state index contributed by atoms with van der Waals surface area (Å²) < 4.78 is 5.29. The third-order valence-electron chi connectivity index (χ3n) is 4.30. The number of rotatable bonds is 6. The van der Waals surface area contributed by atoms with Crippen LogP contribution in [0.3, 0.4) is 0 Å². The molecule has 0 saturated carbocycles. The molecule has 0 aliphatic carbocycles. The van der Waals surface area contributed by atoms with E-state index in [-0.39, 0.29) is 6.61 Å². The van der Waals surface area contributed by atoms with Crippen molar-refractivity contribution < 1.29 is 24.2 Å². The van der Waals surface area contributed by atoms with Crippen molar-refractivity contribution in [2.75, 3.05) is 13.6 Å². The van der Waals surface area contributed by atoms with E-state index in [2.05, 4.69) is 10.6 Å². The average Bonchev–Trinajstić information content (AvgIpc) is 3.14. The predicted molar refractivity (Wildman–Crippen MR) is 94.0 cm³/mol. The summed E-state index contributed by atoms with van der Waals surface area (Å²) in [6.45, 7) is 1.95. The summed E-state index contributed by atoms with van der Waals surface area (Å²) >= 11 is 0. The largest absolute Gasteiger partial charge is 0.445 e. The minimum atomic E-state index is -1.07. The lowest BCUT2D eigenvalue weighted by atomic mass is 10.1. The van der Waals surface area contributed by atoms with Gasteiger partial charge in [0.1, 0.15) is 18.7 Å². The van der Waals surface area contributed by atoms with Gasteiger partial charge in [-0.05, 0) is 25.3 Å². The molecule has 0 radical (unpaired) electrons. The van der Waals surface area contributed by atoms with Crippen LogP contribution in [-0.2, 0) is 20.9 Å². The molecule has 0 spiro atoms. The smallest absolute Gasteiger partial charge is 0.410 e. The Balaban J connectivity index is 1.96. The maximum atomic E-state index is 12.5. The molecule has 3 atom stereocenters. The van der Waals surface area contributed by atoms with Crippen molar-refractivity contribution >= 4 is 17.9 Å². The lowest BCUT2D eigenvalue weighted by Gasteiger charge is -2.26. The minimum Gasteiger partial charge on any atom is -0.445 e. The quantitative estimate of drug-likeness (QED) is 0.678. The summed E-state index contributed by atoms with van der Waals surface area (Å²) in [4.78, 5) is 38.0. The number of hydrogen-bond donors (Lipinski definition) is 3. The van der Waals surface area contributed by atoms with E-state index in [1.165, 1.54) is 18.9 Å². The molecule has 1 fully saturated rings. The van der Waals surface area contributed by atoms with Gasteiger partial charge in [0.2, 0.25) is 11.8 Å². The molecule has 8 heteroatoms. The van der Waals surface area contributed by atoms with Crippen molar-refractivity contribution in [1.29, 1.82) is 0 Å². The summed E-state index contributed by atoms with van der Waals surface area (Å²) in [6.07, 6.45) is -0.483. The van der Waals surface area contributed by atoms with E-state index in [0.29, 0.717) is 19.4 Å². The number of carbonyl (C=O) groups excluding carboxylic acids is 3. The molecule has 1 heterocycles. The highest BCUT2D eigenvalue weighted by Crippen LogP contribution is 2.19. The Morgan fingerprint density at radius 1 is 1.31 bits per heavy atom. The van der Waals surface area contributed by atoms with E-state index in [1.807, 2.05) is 30.3 Å².